The summed E-state index contributed by atoms with van der Waals surface area (Å²) in [5, 5.41) is 11.2. The quantitative estimate of drug-likeness (QED) is 0.788. The van der Waals surface area contributed by atoms with E-state index in [9.17, 15) is 9.90 Å². The van der Waals surface area contributed by atoms with Gasteiger partial charge in [0.2, 0.25) is 0 Å². The molecule has 0 amide bonds. The zero-order valence-corrected chi connectivity index (χ0v) is 11.7. The third kappa shape index (κ3) is 1.04. The molecule has 1 saturated carbocycles. The average Bonchev–Trinajstić information content (AvgIpc) is 2.97. The van der Waals surface area contributed by atoms with E-state index in [0.717, 1.165) is 12.0 Å². The zero-order chi connectivity index (χ0) is 13.2. The summed E-state index contributed by atoms with van der Waals surface area (Å²) in [4.78, 5) is 12.4. The predicted octanol–water partition coefficient (Wildman–Crippen LogP) is 1.57. The molecule has 98 valence electrons. The third-order valence-electron chi connectivity index (χ3n) is 5.04. The number of fused-ring (bicyclic) bond motifs is 3. The van der Waals surface area contributed by atoms with Gasteiger partial charge >= 0.3 is 0 Å². The molecular formula is C14H18O3S. The van der Waals surface area contributed by atoms with E-state index in [-0.39, 0.29) is 11.7 Å². The minimum absolute atomic E-state index is 0.103. The van der Waals surface area contributed by atoms with Crippen molar-refractivity contribution in [2.75, 3.05) is 19.1 Å². The summed E-state index contributed by atoms with van der Waals surface area (Å²) in [6.45, 7) is 1.99. The van der Waals surface area contributed by atoms with Crippen LogP contribution in [0.5, 0.6) is 0 Å². The van der Waals surface area contributed by atoms with Gasteiger partial charge < -0.3 is 9.84 Å². The summed E-state index contributed by atoms with van der Waals surface area (Å²) in [6.07, 6.45) is 8.26. The lowest BCUT2D eigenvalue weighted by atomic mass is 9.70. The van der Waals surface area contributed by atoms with Crippen LogP contribution in [0, 0.1) is 11.3 Å². The number of aliphatic hydroxyl groups is 1. The van der Waals surface area contributed by atoms with E-state index in [4.69, 9.17) is 4.74 Å². The van der Waals surface area contributed by atoms with Crippen molar-refractivity contribution >= 4 is 17.5 Å². The van der Waals surface area contributed by atoms with Gasteiger partial charge in [-0.05, 0) is 25.7 Å². The van der Waals surface area contributed by atoms with E-state index < -0.39 is 16.6 Å². The Hall–Kier alpha value is -0.580. The first kappa shape index (κ1) is 12.5. The van der Waals surface area contributed by atoms with Crippen LogP contribution in [0.25, 0.3) is 0 Å². The number of carbonyl (C=O) groups excluding carboxylic acids is 1. The lowest BCUT2D eigenvalue weighted by Gasteiger charge is -2.46. The van der Waals surface area contributed by atoms with Crippen LogP contribution in [0.1, 0.15) is 13.3 Å². The molecule has 2 bridgehead atoms. The fourth-order valence-corrected chi connectivity index (χ4v) is 4.98. The Balaban J connectivity index is 2.17. The monoisotopic (exact) mass is 266 g/mol. The fraction of sp³-hybridized carbons (Fsp3) is 0.643. The number of ether oxygens (including phenoxy) is 1. The van der Waals surface area contributed by atoms with Crippen LogP contribution in [-0.2, 0) is 9.53 Å². The van der Waals surface area contributed by atoms with Crippen LogP contribution in [0.2, 0.25) is 0 Å². The largest absolute Gasteiger partial charge is 0.377 e. The summed E-state index contributed by atoms with van der Waals surface area (Å²) >= 11 is 1.62. The van der Waals surface area contributed by atoms with Crippen molar-refractivity contribution in [3.05, 3.63) is 23.8 Å². The molecule has 0 heterocycles. The lowest BCUT2D eigenvalue weighted by molar-refractivity contribution is -0.180. The first-order valence-electron chi connectivity index (χ1n) is 6.17. The Bertz CT molecular complexity index is 483. The van der Waals surface area contributed by atoms with Crippen molar-refractivity contribution in [2.45, 2.75) is 24.5 Å². The van der Waals surface area contributed by atoms with Crippen molar-refractivity contribution in [3.63, 3.8) is 0 Å². The van der Waals surface area contributed by atoms with Crippen LogP contribution < -0.4 is 0 Å². The lowest BCUT2D eigenvalue weighted by Crippen LogP contribution is -2.65. The maximum Gasteiger partial charge on any atom is 0.191 e. The van der Waals surface area contributed by atoms with Gasteiger partial charge in [0, 0.05) is 24.2 Å². The topological polar surface area (TPSA) is 46.5 Å². The first-order chi connectivity index (χ1) is 8.48. The smallest absolute Gasteiger partial charge is 0.191 e. The molecule has 4 heteroatoms. The van der Waals surface area contributed by atoms with Gasteiger partial charge in [-0.1, -0.05) is 17.7 Å². The molecule has 3 nitrogen and oxygen atoms in total. The molecule has 0 unspecified atom stereocenters. The van der Waals surface area contributed by atoms with Crippen LogP contribution >= 0.6 is 11.8 Å². The third-order valence-corrected chi connectivity index (χ3v) is 5.76. The Morgan fingerprint density at radius 3 is 2.78 bits per heavy atom. The second-order valence-electron chi connectivity index (χ2n) is 5.57. The number of hydrogen-bond acceptors (Lipinski definition) is 4. The van der Waals surface area contributed by atoms with Crippen LogP contribution in [-0.4, -0.2) is 41.2 Å². The first-order valence-corrected chi connectivity index (χ1v) is 7.57. The molecule has 3 aliphatic rings. The zero-order valence-electron chi connectivity index (χ0n) is 10.9. The highest BCUT2D eigenvalue weighted by Crippen LogP contribution is 2.69. The molecule has 0 radical (unpaired) electrons. The average molecular weight is 266 g/mol. The van der Waals surface area contributed by atoms with Crippen LogP contribution in [0.15, 0.2) is 23.8 Å². The summed E-state index contributed by atoms with van der Waals surface area (Å²) in [5.41, 5.74) is -1.54. The van der Waals surface area contributed by atoms with Crippen molar-refractivity contribution in [1.29, 1.82) is 0 Å². The summed E-state index contributed by atoms with van der Waals surface area (Å²) < 4.78 is 5.73. The van der Waals surface area contributed by atoms with Gasteiger partial charge in [0.1, 0.15) is 5.60 Å². The van der Waals surface area contributed by atoms with E-state index in [1.54, 1.807) is 18.9 Å². The number of thioether (sulfide) groups is 1. The van der Waals surface area contributed by atoms with Gasteiger partial charge in [-0.15, -0.1) is 0 Å². The molecule has 0 aliphatic heterocycles. The Labute approximate surface area is 111 Å². The molecule has 18 heavy (non-hydrogen) atoms. The Morgan fingerprint density at radius 2 is 2.28 bits per heavy atom. The van der Waals surface area contributed by atoms with Gasteiger partial charge in [-0.3, -0.25) is 4.79 Å². The van der Waals surface area contributed by atoms with Crippen LogP contribution in [0.4, 0.5) is 0 Å². The highest BCUT2D eigenvalue weighted by Gasteiger charge is 2.78. The maximum atomic E-state index is 12.4. The van der Waals surface area contributed by atoms with E-state index in [2.05, 4.69) is 0 Å². The molecule has 3 rings (SSSR count). The summed E-state index contributed by atoms with van der Waals surface area (Å²) in [7, 11) is 1.61. The van der Waals surface area contributed by atoms with Crippen molar-refractivity contribution in [2.24, 2.45) is 11.3 Å². The number of rotatable bonds is 3. The summed E-state index contributed by atoms with van der Waals surface area (Å²) in [6, 6.07) is 0. The maximum absolute atomic E-state index is 12.4. The minimum atomic E-state index is -1.42. The number of ketones is 1. The molecule has 0 saturated heterocycles. The summed E-state index contributed by atoms with van der Waals surface area (Å²) in [5.74, 6) is 0.524. The van der Waals surface area contributed by atoms with Gasteiger partial charge in [0.25, 0.3) is 0 Å². The molecule has 3 aliphatic carbocycles. The number of carbonyl (C=O) groups is 1. The molecule has 0 aromatic heterocycles. The van der Waals surface area contributed by atoms with Gasteiger partial charge in [0.15, 0.2) is 11.4 Å². The van der Waals surface area contributed by atoms with Gasteiger partial charge in [-0.2, -0.15) is 11.8 Å². The van der Waals surface area contributed by atoms with Crippen molar-refractivity contribution in [1.82, 2.24) is 0 Å². The standard InChI is InChI=1S/C14H18O3S/c1-9-6-12(9)7-10-4-5-11(15)14(12,16)13(10,17-2)8-18-3/h4-6,10,16H,7-8H2,1-3H3/t10-,12+,13+,14-/m1/s1. The minimum Gasteiger partial charge on any atom is -0.377 e. The number of hydrogen-bond donors (Lipinski definition) is 1. The molecular weight excluding hydrogens is 248 g/mol. The highest BCUT2D eigenvalue weighted by molar-refractivity contribution is 7.98. The van der Waals surface area contributed by atoms with Gasteiger partial charge in [-0.25, -0.2) is 0 Å². The van der Waals surface area contributed by atoms with Crippen molar-refractivity contribution < 1.29 is 14.6 Å². The van der Waals surface area contributed by atoms with Gasteiger partial charge in [0.05, 0.1) is 0 Å². The van der Waals surface area contributed by atoms with E-state index in [0.29, 0.717) is 5.75 Å². The van der Waals surface area contributed by atoms with E-state index in [1.807, 2.05) is 25.3 Å². The number of methoxy groups -OCH3 is 1. The molecule has 1 fully saturated rings. The normalized spacial score (nSPS) is 48.8. The highest BCUT2D eigenvalue weighted by atomic mass is 32.2. The molecule has 1 spiro atoms. The Kier molecular flexibility index (Phi) is 2.42. The van der Waals surface area contributed by atoms with Crippen LogP contribution in [0.3, 0.4) is 0 Å². The molecule has 1 N–H and O–H groups in total. The van der Waals surface area contributed by atoms with E-state index >= 15 is 0 Å². The predicted molar refractivity (Wildman–Crippen MR) is 71.5 cm³/mol. The molecule has 0 aromatic rings. The van der Waals surface area contributed by atoms with E-state index in [1.165, 1.54) is 6.08 Å². The second-order valence-corrected chi connectivity index (χ2v) is 6.44. The fourth-order valence-electron chi connectivity index (χ4n) is 4.01. The Morgan fingerprint density at radius 1 is 1.61 bits per heavy atom. The molecule has 0 aromatic carbocycles. The van der Waals surface area contributed by atoms with Crippen molar-refractivity contribution in [3.8, 4) is 0 Å². The molecule has 4 atom stereocenters. The second kappa shape index (κ2) is 3.50. The SMILES string of the molecule is CO[C@@]1(CSC)[C@@H]2C=CC(=O)[C@@]1(O)[C@@]1(C=C1C)C2.